The quantitative estimate of drug-likeness (QED) is 0.936. The van der Waals surface area contributed by atoms with Crippen molar-refractivity contribution in [2.45, 2.75) is 21.6 Å². The molecule has 0 radical (unpaired) electrons. The third-order valence-electron chi connectivity index (χ3n) is 4.01. The molecule has 3 atom stereocenters. The van der Waals surface area contributed by atoms with Crippen LogP contribution in [-0.4, -0.2) is 19.2 Å². The first kappa shape index (κ1) is 15.0. The smallest absolute Gasteiger partial charge is 0.184 e. The van der Waals surface area contributed by atoms with Gasteiger partial charge in [0.05, 0.1) is 11.0 Å². The molecule has 112 valence electrons. The molecular weight excluding hydrogens is 320 g/mol. The van der Waals surface area contributed by atoms with Gasteiger partial charge in [-0.15, -0.1) is 0 Å². The molecule has 1 aliphatic rings. The molecule has 1 saturated carbocycles. The number of benzene rings is 2. The summed E-state index contributed by atoms with van der Waals surface area (Å²) < 4.78 is 25.6. The van der Waals surface area contributed by atoms with Gasteiger partial charge in [-0.25, -0.2) is 8.42 Å². The van der Waals surface area contributed by atoms with Crippen LogP contribution in [0.4, 0.5) is 0 Å². The Hall–Kier alpha value is -1.87. The van der Waals surface area contributed by atoms with E-state index in [0.29, 0.717) is 5.02 Å². The second-order valence-electron chi connectivity index (χ2n) is 5.35. The molecule has 2 aromatic rings. The van der Waals surface area contributed by atoms with E-state index in [9.17, 15) is 13.7 Å². The second kappa shape index (κ2) is 5.10. The van der Waals surface area contributed by atoms with Gasteiger partial charge in [-0.2, -0.15) is 5.26 Å². The molecule has 0 unspecified atom stereocenters. The third-order valence-corrected chi connectivity index (χ3v) is 6.52. The van der Waals surface area contributed by atoms with E-state index in [2.05, 4.69) is 0 Å². The summed E-state index contributed by atoms with van der Waals surface area (Å²) in [6.07, 6.45) is 0. The highest BCUT2D eigenvalue weighted by Crippen LogP contribution is 2.55. The Kier molecular flexibility index (Phi) is 3.48. The summed E-state index contributed by atoms with van der Waals surface area (Å²) in [6, 6.07) is 16.9. The van der Waals surface area contributed by atoms with Crippen LogP contribution in [0.1, 0.15) is 11.5 Å². The van der Waals surface area contributed by atoms with E-state index in [1.165, 1.54) is 24.3 Å². The van der Waals surface area contributed by atoms with Crippen LogP contribution in [0.15, 0.2) is 59.5 Å². The maximum atomic E-state index is 12.8. The van der Waals surface area contributed by atoms with Crippen molar-refractivity contribution >= 4 is 21.4 Å². The molecule has 22 heavy (non-hydrogen) atoms. The topological polar surface area (TPSA) is 83.9 Å². The highest BCUT2D eigenvalue weighted by atomic mass is 35.5. The first-order valence-corrected chi connectivity index (χ1v) is 8.58. The van der Waals surface area contributed by atoms with Gasteiger partial charge in [-0.3, -0.25) is 0 Å². The number of hydrogen-bond acceptors (Lipinski definition) is 4. The molecule has 0 aromatic heterocycles. The predicted molar refractivity (Wildman–Crippen MR) is 84.1 cm³/mol. The van der Waals surface area contributed by atoms with Gasteiger partial charge in [-0.05, 0) is 29.8 Å². The van der Waals surface area contributed by atoms with Gasteiger partial charge < -0.3 is 5.73 Å². The maximum absolute atomic E-state index is 12.8. The Bertz CT molecular complexity index is 844. The first-order valence-electron chi connectivity index (χ1n) is 6.66. The van der Waals surface area contributed by atoms with E-state index in [4.69, 9.17) is 17.3 Å². The van der Waals surface area contributed by atoms with E-state index < -0.39 is 26.5 Å². The number of rotatable bonds is 3. The molecule has 4 nitrogen and oxygen atoms in total. The van der Waals surface area contributed by atoms with E-state index >= 15 is 0 Å². The lowest BCUT2D eigenvalue weighted by Crippen LogP contribution is -2.29. The molecule has 0 aliphatic heterocycles. The van der Waals surface area contributed by atoms with E-state index in [1.807, 2.05) is 12.1 Å². The summed E-state index contributed by atoms with van der Waals surface area (Å²) in [5, 5.41) is 8.86. The van der Waals surface area contributed by atoms with Gasteiger partial charge in [0.25, 0.3) is 0 Å². The number of nitrogens with two attached hydrogens (primary N) is 1. The molecule has 3 rings (SSSR count). The number of nitriles is 1. The summed E-state index contributed by atoms with van der Waals surface area (Å²) in [5.74, 6) is -0.528. The van der Waals surface area contributed by atoms with Crippen molar-refractivity contribution in [2.75, 3.05) is 0 Å². The maximum Gasteiger partial charge on any atom is 0.184 e. The molecule has 0 heterocycles. The van der Waals surface area contributed by atoms with Gasteiger partial charge in [0.1, 0.15) is 10.8 Å². The number of hydrogen-bond donors (Lipinski definition) is 1. The molecular formula is C16H13ClN2O2S. The van der Waals surface area contributed by atoms with Crippen molar-refractivity contribution in [2.24, 2.45) is 5.73 Å². The minimum Gasteiger partial charge on any atom is -0.312 e. The normalized spacial score (nSPS) is 27.1. The zero-order valence-corrected chi connectivity index (χ0v) is 13.1. The molecule has 1 fully saturated rings. The van der Waals surface area contributed by atoms with Gasteiger partial charge >= 0.3 is 0 Å². The molecule has 2 N–H and O–H groups in total. The number of sulfone groups is 1. The van der Waals surface area contributed by atoms with E-state index in [1.54, 1.807) is 24.3 Å². The summed E-state index contributed by atoms with van der Waals surface area (Å²) in [5.41, 5.74) is 5.41. The van der Waals surface area contributed by atoms with Gasteiger partial charge in [0, 0.05) is 10.9 Å². The summed E-state index contributed by atoms with van der Waals surface area (Å²) in [6.45, 7) is 0. The molecule has 0 amide bonds. The fraction of sp³-hybridized carbons (Fsp3) is 0.188. The Labute approximate surface area is 134 Å². The van der Waals surface area contributed by atoms with Crippen molar-refractivity contribution in [3.05, 3.63) is 65.2 Å². The standard InChI is InChI=1S/C16H13ClN2O2S/c17-12-6-8-13(9-7-12)22(20,21)15-14(16(15,19)10-18)11-4-2-1-3-5-11/h1-9,14-15H,19H2/t14-,15+,16-/m1/s1. The van der Waals surface area contributed by atoms with Crippen LogP contribution in [0.2, 0.25) is 5.02 Å². The highest BCUT2D eigenvalue weighted by molar-refractivity contribution is 7.92. The van der Waals surface area contributed by atoms with Gasteiger partial charge in [0.2, 0.25) is 0 Å². The largest absolute Gasteiger partial charge is 0.312 e. The lowest BCUT2D eigenvalue weighted by molar-refractivity contribution is 0.592. The monoisotopic (exact) mass is 332 g/mol. The Morgan fingerprint density at radius 1 is 1.09 bits per heavy atom. The average molecular weight is 333 g/mol. The zero-order valence-electron chi connectivity index (χ0n) is 11.5. The van der Waals surface area contributed by atoms with Gasteiger partial charge in [-0.1, -0.05) is 41.9 Å². The first-order chi connectivity index (χ1) is 10.4. The summed E-state index contributed by atoms with van der Waals surface area (Å²) in [4.78, 5) is 0.130. The molecule has 0 bridgehead atoms. The Morgan fingerprint density at radius 2 is 1.68 bits per heavy atom. The molecule has 0 saturated heterocycles. The highest BCUT2D eigenvalue weighted by Gasteiger charge is 2.70. The van der Waals surface area contributed by atoms with Crippen molar-refractivity contribution < 1.29 is 8.42 Å². The number of nitrogens with zero attached hydrogens (tertiary/aromatic N) is 1. The average Bonchev–Trinajstić information content (AvgIpc) is 3.16. The van der Waals surface area contributed by atoms with Crippen molar-refractivity contribution in [3.8, 4) is 6.07 Å². The number of halogens is 1. The zero-order chi connectivity index (χ0) is 16.0. The minimum absolute atomic E-state index is 0.130. The van der Waals surface area contributed by atoms with E-state index in [-0.39, 0.29) is 4.90 Å². The van der Waals surface area contributed by atoms with Crippen LogP contribution in [0, 0.1) is 11.3 Å². The lowest BCUT2D eigenvalue weighted by atomic mass is 10.1. The third kappa shape index (κ3) is 2.20. The van der Waals surface area contributed by atoms with Crippen LogP contribution in [0.25, 0.3) is 0 Å². The fourth-order valence-corrected chi connectivity index (χ4v) is 5.13. The molecule has 1 aliphatic carbocycles. The van der Waals surface area contributed by atoms with Crippen molar-refractivity contribution in [1.82, 2.24) is 0 Å². The summed E-state index contributed by atoms with van der Waals surface area (Å²) >= 11 is 5.79. The van der Waals surface area contributed by atoms with Crippen LogP contribution in [0.5, 0.6) is 0 Å². The van der Waals surface area contributed by atoms with Crippen LogP contribution in [-0.2, 0) is 9.84 Å². The minimum atomic E-state index is -3.71. The summed E-state index contributed by atoms with van der Waals surface area (Å²) in [7, 11) is -3.71. The molecule has 6 heteroatoms. The van der Waals surface area contributed by atoms with E-state index in [0.717, 1.165) is 5.56 Å². The lowest BCUT2D eigenvalue weighted by Gasteiger charge is -2.04. The van der Waals surface area contributed by atoms with Crippen LogP contribution >= 0.6 is 11.6 Å². The van der Waals surface area contributed by atoms with Crippen LogP contribution in [0.3, 0.4) is 0 Å². The van der Waals surface area contributed by atoms with Crippen molar-refractivity contribution in [1.29, 1.82) is 5.26 Å². The fourth-order valence-electron chi connectivity index (χ4n) is 2.83. The second-order valence-corrected chi connectivity index (χ2v) is 7.86. The molecule has 2 aromatic carbocycles. The SMILES string of the molecule is N#C[C@@]1(N)[C@H](c2ccccc2)[C@@H]1S(=O)(=O)c1ccc(Cl)cc1. The van der Waals surface area contributed by atoms with Crippen LogP contribution < -0.4 is 5.73 Å². The predicted octanol–water partition coefficient (Wildman–Crippen LogP) is 2.50. The Balaban J connectivity index is 2.04. The van der Waals surface area contributed by atoms with Crippen molar-refractivity contribution in [3.63, 3.8) is 0 Å². The Morgan fingerprint density at radius 3 is 2.23 bits per heavy atom. The molecule has 0 spiro atoms. The van der Waals surface area contributed by atoms with Gasteiger partial charge in [0.15, 0.2) is 9.84 Å².